The molecule has 0 atom stereocenters. The second-order valence-corrected chi connectivity index (χ2v) is 5.03. The van der Waals surface area contributed by atoms with Crippen molar-refractivity contribution >= 4 is 5.91 Å². The van der Waals surface area contributed by atoms with Crippen molar-refractivity contribution in [3.63, 3.8) is 0 Å². The Labute approximate surface area is 109 Å². The third kappa shape index (κ3) is 4.13. The van der Waals surface area contributed by atoms with Crippen molar-refractivity contribution in [2.75, 3.05) is 39.3 Å². The average Bonchev–Trinajstić information content (AvgIpc) is 2.37. The van der Waals surface area contributed by atoms with E-state index in [0.29, 0.717) is 13.1 Å². The second-order valence-electron chi connectivity index (χ2n) is 5.03. The van der Waals surface area contributed by atoms with Crippen LogP contribution in [0.25, 0.3) is 0 Å². The molecule has 0 saturated carbocycles. The van der Waals surface area contributed by atoms with Crippen molar-refractivity contribution in [1.29, 1.82) is 5.26 Å². The minimum atomic E-state index is -0.419. The second kappa shape index (κ2) is 6.53. The lowest BCUT2D eigenvalue weighted by molar-refractivity contribution is -0.122. The molecule has 0 aromatic carbocycles. The van der Waals surface area contributed by atoms with E-state index in [2.05, 4.69) is 27.8 Å². The van der Waals surface area contributed by atoms with Crippen LogP contribution in [0.3, 0.4) is 0 Å². The van der Waals surface area contributed by atoms with Gasteiger partial charge in [0.15, 0.2) is 0 Å². The molecule has 0 unspecified atom stereocenters. The van der Waals surface area contributed by atoms with Gasteiger partial charge in [0.1, 0.15) is 5.54 Å². The normalized spacial score (nSPS) is 18.1. The fraction of sp³-hybridized carbons (Fsp3) is 0.692. The Kier molecular flexibility index (Phi) is 5.32. The highest BCUT2D eigenvalue weighted by Gasteiger charge is 2.29. The van der Waals surface area contributed by atoms with Gasteiger partial charge in [-0.25, -0.2) is 0 Å². The Hall–Kier alpha value is -1.38. The third-order valence-electron chi connectivity index (χ3n) is 3.25. The Morgan fingerprint density at radius 3 is 2.56 bits per heavy atom. The molecule has 0 aromatic heterocycles. The molecule has 18 heavy (non-hydrogen) atoms. The van der Waals surface area contributed by atoms with Gasteiger partial charge in [-0.15, -0.1) is 6.58 Å². The van der Waals surface area contributed by atoms with Crippen LogP contribution in [0.4, 0.5) is 0 Å². The van der Waals surface area contributed by atoms with Gasteiger partial charge in [0.2, 0.25) is 5.91 Å². The number of nitrogens with one attached hydrogen (secondary N) is 1. The van der Waals surface area contributed by atoms with Gasteiger partial charge >= 0.3 is 0 Å². The summed E-state index contributed by atoms with van der Waals surface area (Å²) in [5.41, 5.74) is -0.419. The molecule has 0 bridgehead atoms. The number of nitrogens with zero attached hydrogens (tertiary/aromatic N) is 3. The number of hydrogen-bond donors (Lipinski definition) is 1. The van der Waals surface area contributed by atoms with Crippen LogP contribution in [-0.4, -0.2) is 60.5 Å². The summed E-state index contributed by atoms with van der Waals surface area (Å²) in [6.07, 6.45) is 1.67. The number of nitriles is 1. The number of carbonyl (C=O) groups excluding carboxylic acids is 1. The van der Waals surface area contributed by atoms with E-state index in [1.165, 1.54) is 0 Å². The maximum absolute atomic E-state index is 11.5. The van der Waals surface area contributed by atoms with Gasteiger partial charge in [-0.3, -0.25) is 14.6 Å². The number of piperazine rings is 1. The van der Waals surface area contributed by atoms with Crippen LogP contribution < -0.4 is 5.32 Å². The smallest absolute Gasteiger partial charge is 0.234 e. The monoisotopic (exact) mass is 250 g/mol. The van der Waals surface area contributed by atoms with E-state index in [0.717, 1.165) is 26.2 Å². The summed E-state index contributed by atoms with van der Waals surface area (Å²) >= 11 is 0. The average molecular weight is 250 g/mol. The van der Waals surface area contributed by atoms with E-state index in [9.17, 15) is 4.79 Å². The van der Waals surface area contributed by atoms with Crippen molar-refractivity contribution in [2.45, 2.75) is 19.4 Å². The van der Waals surface area contributed by atoms with Gasteiger partial charge in [-0.1, -0.05) is 6.08 Å². The molecular formula is C13H22N4O. The summed E-state index contributed by atoms with van der Waals surface area (Å²) in [7, 11) is 0. The zero-order chi connectivity index (χ0) is 13.6. The molecule has 0 radical (unpaired) electrons. The molecule has 5 heteroatoms. The Bertz CT molecular complexity index is 337. The molecule has 100 valence electrons. The van der Waals surface area contributed by atoms with E-state index < -0.39 is 5.54 Å². The zero-order valence-corrected chi connectivity index (χ0v) is 11.3. The Morgan fingerprint density at radius 2 is 2.06 bits per heavy atom. The van der Waals surface area contributed by atoms with Crippen LogP contribution in [0.15, 0.2) is 12.7 Å². The number of carbonyl (C=O) groups is 1. The molecule has 0 spiro atoms. The molecule has 5 nitrogen and oxygen atoms in total. The van der Waals surface area contributed by atoms with Crippen molar-refractivity contribution in [1.82, 2.24) is 15.1 Å². The molecule has 1 saturated heterocycles. The Morgan fingerprint density at radius 1 is 1.44 bits per heavy atom. The lowest BCUT2D eigenvalue weighted by Crippen LogP contribution is -2.55. The van der Waals surface area contributed by atoms with Crippen molar-refractivity contribution in [3.8, 4) is 6.07 Å². The van der Waals surface area contributed by atoms with Crippen LogP contribution in [0, 0.1) is 11.3 Å². The van der Waals surface area contributed by atoms with Gasteiger partial charge in [0.05, 0.1) is 12.6 Å². The first kappa shape index (κ1) is 14.7. The molecule has 1 amide bonds. The minimum absolute atomic E-state index is 0.0305. The largest absolute Gasteiger partial charge is 0.352 e. The summed E-state index contributed by atoms with van der Waals surface area (Å²) in [5, 5.41) is 11.8. The van der Waals surface area contributed by atoms with Crippen molar-refractivity contribution in [2.24, 2.45) is 0 Å². The molecule has 1 aliphatic heterocycles. The Balaban J connectivity index is 2.34. The zero-order valence-electron chi connectivity index (χ0n) is 11.3. The van der Waals surface area contributed by atoms with Crippen LogP contribution in [-0.2, 0) is 4.79 Å². The fourth-order valence-corrected chi connectivity index (χ4v) is 1.98. The van der Waals surface area contributed by atoms with Crippen molar-refractivity contribution < 1.29 is 4.79 Å². The molecule has 1 N–H and O–H groups in total. The first-order valence-electron chi connectivity index (χ1n) is 6.26. The van der Waals surface area contributed by atoms with Crippen LogP contribution in [0.5, 0.6) is 0 Å². The number of rotatable bonds is 5. The summed E-state index contributed by atoms with van der Waals surface area (Å²) in [6.45, 7) is 11.7. The molecule has 1 fully saturated rings. The highest BCUT2D eigenvalue weighted by Crippen LogP contribution is 2.15. The lowest BCUT2D eigenvalue weighted by atomic mass is 10.0. The van der Waals surface area contributed by atoms with E-state index in [1.54, 1.807) is 6.08 Å². The summed E-state index contributed by atoms with van der Waals surface area (Å²) in [6, 6.07) is 2.31. The number of hydrogen-bond acceptors (Lipinski definition) is 4. The van der Waals surface area contributed by atoms with Crippen LogP contribution in [0.2, 0.25) is 0 Å². The molecule has 0 aromatic rings. The molecule has 1 rings (SSSR count). The SMILES string of the molecule is C=CCNC(=O)CN1CCN(C(C)(C)C#N)CC1. The summed E-state index contributed by atoms with van der Waals surface area (Å²) in [4.78, 5) is 15.8. The first-order valence-corrected chi connectivity index (χ1v) is 6.26. The molecule has 1 heterocycles. The van der Waals surface area contributed by atoms with Crippen LogP contribution in [0.1, 0.15) is 13.8 Å². The van der Waals surface area contributed by atoms with Crippen LogP contribution >= 0.6 is 0 Å². The standard InChI is InChI=1S/C13H22N4O/c1-4-5-15-12(18)10-16-6-8-17(9-7-16)13(2,3)11-14/h4H,1,5-10H2,2-3H3,(H,15,18). The highest BCUT2D eigenvalue weighted by atomic mass is 16.2. The van der Waals surface area contributed by atoms with Gasteiger partial charge in [-0.2, -0.15) is 5.26 Å². The number of amides is 1. The van der Waals surface area contributed by atoms with Gasteiger partial charge < -0.3 is 5.32 Å². The molecular weight excluding hydrogens is 228 g/mol. The fourth-order valence-electron chi connectivity index (χ4n) is 1.98. The summed E-state index contributed by atoms with van der Waals surface area (Å²) in [5.74, 6) is 0.0305. The maximum atomic E-state index is 11.5. The van der Waals surface area contributed by atoms with E-state index >= 15 is 0 Å². The van der Waals surface area contributed by atoms with E-state index in [4.69, 9.17) is 5.26 Å². The van der Waals surface area contributed by atoms with Crippen molar-refractivity contribution in [3.05, 3.63) is 12.7 Å². The molecule has 0 aliphatic carbocycles. The van der Waals surface area contributed by atoms with E-state index in [-0.39, 0.29) is 5.91 Å². The minimum Gasteiger partial charge on any atom is -0.352 e. The maximum Gasteiger partial charge on any atom is 0.234 e. The molecule has 1 aliphatic rings. The van der Waals surface area contributed by atoms with E-state index in [1.807, 2.05) is 13.8 Å². The third-order valence-corrected chi connectivity index (χ3v) is 3.25. The van der Waals surface area contributed by atoms with Gasteiger partial charge in [-0.05, 0) is 13.8 Å². The predicted molar refractivity (Wildman–Crippen MR) is 70.9 cm³/mol. The highest BCUT2D eigenvalue weighted by molar-refractivity contribution is 5.78. The lowest BCUT2D eigenvalue weighted by Gasteiger charge is -2.40. The topological polar surface area (TPSA) is 59.4 Å². The quantitative estimate of drug-likeness (QED) is 0.709. The first-order chi connectivity index (χ1) is 8.49. The predicted octanol–water partition coefficient (Wildman–Crippen LogP) is 0.208. The summed E-state index contributed by atoms with van der Waals surface area (Å²) < 4.78 is 0. The van der Waals surface area contributed by atoms with Gasteiger partial charge in [0, 0.05) is 32.7 Å². The van der Waals surface area contributed by atoms with Gasteiger partial charge in [0.25, 0.3) is 0 Å².